The highest BCUT2D eigenvalue weighted by molar-refractivity contribution is 5.42. The Kier molecular flexibility index (Phi) is 4.30. The highest BCUT2D eigenvalue weighted by atomic mass is 16.7. The molecule has 1 aliphatic carbocycles. The third-order valence-electron chi connectivity index (χ3n) is 5.63. The molecule has 2 aliphatic heterocycles. The van der Waals surface area contributed by atoms with Crippen molar-refractivity contribution < 1.29 is 9.47 Å². The van der Waals surface area contributed by atoms with Gasteiger partial charge in [0.05, 0.1) is 25.1 Å². The molecular weight excluding hydrogens is 292 g/mol. The number of aromatic nitrogens is 2. The van der Waals surface area contributed by atoms with E-state index in [1.165, 1.54) is 25.1 Å². The molecule has 1 aromatic heterocycles. The van der Waals surface area contributed by atoms with Crippen LogP contribution in [0.15, 0.2) is 12.4 Å². The van der Waals surface area contributed by atoms with E-state index in [9.17, 15) is 0 Å². The van der Waals surface area contributed by atoms with Gasteiger partial charge in [-0.3, -0.25) is 9.58 Å². The Labute approximate surface area is 138 Å². The molecule has 3 heterocycles. The molecule has 128 valence electrons. The molecule has 6 nitrogen and oxygen atoms in total. The number of piperazine rings is 1. The SMILES string of the molecule is Cn1cc(N2CCN(CC3CCC4(CC3)OCCO4)CC2)cn1. The van der Waals surface area contributed by atoms with Crippen molar-refractivity contribution in [3.05, 3.63) is 12.4 Å². The molecule has 0 bridgehead atoms. The predicted octanol–water partition coefficient (Wildman–Crippen LogP) is 1.48. The molecule has 3 aliphatic rings. The molecule has 1 spiro atoms. The molecule has 1 aromatic rings. The van der Waals surface area contributed by atoms with Crippen molar-refractivity contribution in [1.29, 1.82) is 0 Å². The second kappa shape index (κ2) is 6.42. The fraction of sp³-hybridized carbons (Fsp3) is 0.824. The van der Waals surface area contributed by atoms with Crippen LogP contribution >= 0.6 is 0 Å². The average molecular weight is 320 g/mol. The van der Waals surface area contributed by atoms with Crippen LogP contribution in [0.25, 0.3) is 0 Å². The monoisotopic (exact) mass is 320 g/mol. The van der Waals surface area contributed by atoms with E-state index in [-0.39, 0.29) is 5.79 Å². The minimum atomic E-state index is -0.213. The molecule has 6 heteroatoms. The second-order valence-corrected chi connectivity index (χ2v) is 7.21. The van der Waals surface area contributed by atoms with Gasteiger partial charge in [0, 0.05) is 58.8 Å². The lowest BCUT2D eigenvalue weighted by molar-refractivity contribution is -0.183. The first kappa shape index (κ1) is 15.4. The fourth-order valence-corrected chi connectivity index (χ4v) is 4.21. The van der Waals surface area contributed by atoms with Gasteiger partial charge in [0.15, 0.2) is 5.79 Å². The summed E-state index contributed by atoms with van der Waals surface area (Å²) in [6.45, 7) is 7.31. The maximum Gasteiger partial charge on any atom is 0.168 e. The highest BCUT2D eigenvalue weighted by Gasteiger charge is 2.40. The molecule has 1 saturated carbocycles. The number of hydrogen-bond donors (Lipinski definition) is 0. The van der Waals surface area contributed by atoms with Gasteiger partial charge in [-0.1, -0.05) is 0 Å². The maximum absolute atomic E-state index is 5.83. The van der Waals surface area contributed by atoms with Gasteiger partial charge in [-0.25, -0.2) is 0 Å². The van der Waals surface area contributed by atoms with Crippen LogP contribution in [0.1, 0.15) is 25.7 Å². The summed E-state index contributed by atoms with van der Waals surface area (Å²) < 4.78 is 13.6. The van der Waals surface area contributed by atoms with Crippen LogP contribution in [0.4, 0.5) is 5.69 Å². The molecule has 0 atom stereocenters. The van der Waals surface area contributed by atoms with Gasteiger partial charge < -0.3 is 14.4 Å². The lowest BCUT2D eigenvalue weighted by Crippen LogP contribution is -2.48. The highest BCUT2D eigenvalue weighted by Crippen LogP contribution is 2.38. The minimum Gasteiger partial charge on any atom is -0.366 e. The number of nitrogens with zero attached hydrogens (tertiary/aromatic N) is 4. The Hall–Kier alpha value is -1.11. The van der Waals surface area contributed by atoms with Crippen LogP contribution in [0, 0.1) is 5.92 Å². The molecule has 2 saturated heterocycles. The quantitative estimate of drug-likeness (QED) is 0.844. The molecule has 0 aromatic carbocycles. The summed E-state index contributed by atoms with van der Waals surface area (Å²) in [5.74, 6) is 0.591. The number of hydrogen-bond acceptors (Lipinski definition) is 5. The predicted molar refractivity (Wildman–Crippen MR) is 88.5 cm³/mol. The van der Waals surface area contributed by atoms with Crippen molar-refractivity contribution >= 4 is 5.69 Å². The van der Waals surface area contributed by atoms with Crippen LogP contribution in [0.2, 0.25) is 0 Å². The van der Waals surface area contributed by atoms with Crippen LogP contribution in [0.5, 0.6) is 0 Å². The van der Waals surface area contributed by atoms with E-state index in [1.807, 2.05) is 17.9 Å². The van der Waals surface area contributed by atoms with Crippen LogP contribution in [-0.4, -0.2) is 66.4 Å². The van der Waals surface area contributed by atoms with Gasteiger partial charge in [0.1, 0.15) is 0 Å². The Morgan fingerprint density at radius 2 is 1.83 bits per heavy atom. The van der Waals surface area contributed by atoms with Gasteiger partial charge in [0.25, 0.3) is 0 Å². The Bertz CT molecular complexity index is 508. The topological polar surface area (TPSA) is 42.8 Å². The Morgan fingerprint density at radius 3 is 2.43 bits per heavy atom. The van der Waals surface area contributed by atoms with Gasteiger partial charge in [0.2, 0.25) is 0 Å². The number of anilines is 1. The zero-order valence-corrected chi connectivity index (χ0v) is 14.1. The third-order valence-corrected chi connectivity index (χ3v) is 5.63. The summed E-state index contributed by atoms with van der Waals surface area (Å²) in [5, 5.41) is 4.28. The number of ether oxygens (including phenoxy) is 2. The van der Waals surface area contributed by atoms with Crippen molar-refractivity contribution in [1.82, 2.24) is 14.7 Å². The number of aryl methyl sites for hydroxylation is 1. The van der Waals surface area contributed by atoms with E-state index >= 15 is 0 Å². The average Bonchev–Trinajstić information content (AvgIpc) is 3.20. The molecule has 0 unspecified atom stereocenters. The standard InChI is InChI=1S/C17H28N4O2/c1-19-14-16(12-18-19)21-8-6-20(7-9-21)13-15-2-4-17(5-3-15)22-10-11-23-17/h12,14-15H,2-11,13H2,1H3. The van der Waals surface area contributed by atoms with Crippen molar-refractivity contribution in [3.8, 4) is 0 Å². The summed E-state index contributed by atoms with van der Waals surface area (Å²) >= 11 is 0. The lowest BCUT2D eigenvalue weighted by atomic mass is 9.84. The van der Waals surface area contributed by atoms with Gasteiger partial charge in [-0.15, -0.1) is 0 Å². The van der Waals surface area contributed by atoms with E-state index in [1.54, 1.807) is 0 Å². The summed E-state index contributed by atoms with van der Waals surface area (Å²) in [7, 11) is 1.98. The second-order valence-electron chi connectivity index (χ2n) is 7.21. The fourth-order valence-electron chi connectivity index (χ4n) is 4.21. The van der Waals surface area contributed by atoms with E-state index in [0.29, 0.717) is 0 Å². The third kappa shape index (κ3) is 3.39. The first-order chi connectivity index (χ1) is 11.2. The van der Waals surface area contributed by atoms with E-state index in [4.69, 9.17) is 9.47 Å². The molecule has 0 radical (unpaired) electrons. The van der Waals surface area contributed by atoms with E-state index < -0.39 is 0 Å². The first-order valence-electron chi connectivity index (χ1n) is 8.96. The summed E-state index contributed by atoms with van der Waals surface area (Å²) in [5.41, 5.74) is 1.25. The van der Waals surface area contributed by atoms with Crippen molar-refractivity contribution in [3.63, 3.8) is 0 Å². The zero-order chi connectivity index (χ0) is 15.7. The van der Waals surface area contributed by atoms with Crippen molar-refractivity contribution in [2.75, 3.05) is 50.8 Å². The van der Waals surface area contributed by atoms with Gasteiger partial charge in [-0.05, 0) is 18.8 Å². The summed E-state index contributed by atoms with van der Waals surface area (Å²) in [6, 6.07) is 0. The number of rotatable bonds is 3. The van der Waals surface area contributed by atoms with E-state index in [0.717, 1.165) is 58.2 Å². The lowest BCUT2D eigenvalue weighted by Gasteiger charge is -2.40. The van der Waals surface area contributed by atoms with Crippen LogP contribution < -0.4 is 4.90 Å². The summed E-state index contributed by atoms with van der Waals surface area (Å²) in [6.07, 6.45) is 8.71. The van der Waals surface area contributed by atoms with Crippen LogP contribution in [0.3, 0.4) is 0 Å². The van der Waals surface area contributed by atoms with Gasteiger partial charge >= 0.3 is 0 Å². The molecule has 0 amide bonds. The smallest absolute Gasteiger partial charge is 0.168 e. The van der Waals surface area contributed by atoms with E-state index in [2.05, 4.69) is 21.1 Å². The summed E-state index contributed by atoms with van der Waals surface area (Å²) in [4.78, 5) is 5.07. The van der Waals surface area contributed by atoms with Gasteiger partial charge in [-0.2, -0.15) is 5.10 Å². The molecule has 4 rings (SSSR count). The molecule has 23 heavy (non-hydrogen) atoms. The largest absolute Gasteiger partial charge is 0.366 e. The van der Waals surface area contributed by atoms with Crippen molar-refractivity contribution in [2.24, 2.45) is 13.0 Å². The maximum atomic E-state index is 5.83. The zero-order valence-electron chi connectivity index (χ0n) is 14.1. The molecular formula is C17H28N4O2. The Balaban J connectivity index is 1.22. The van der Waals surface area contributed by atoms with Crippen LogP contribution in [-0.2, 0) is 16.5 Å². The Morgan fingerprint density at radius 1 is 1.13 bits per heavy atom. The van der Waals surface area contributed by atoms with Crippen molar-refractivity contribution in [2.45, 2.75) is 31.5 Å². The normalized spacial score (nSPS) is 26.2. The molecule has 0 N–H and O–H groups in total. The minimum absolute atomic E-state index is 0.213. The first-order valence-corrected chi connectivity index (χ1v) is 8.96. The molecule has 3 fully saturated rings.